The van der Waals surface area contributed by atoms with Gasteiger partial charge in [-0.15, -0.1) is 0 Å². The number of Topliss-reactive ketones (excluding diaryl/α,β-unsaturated/α-hetero) is 1. The number of fused-ring (bicyclic) bond motifs is 3. The predicted molar refractivity (Wildman–Crippen MR) is 104 cm³/mol. The lowest BCUT2D eigenvalue weighted by Gasteiger charge is -2.54. The van der Waals surface area contributed by atoms with E-state index in [0.29, 0.717) is 5.92 Å². The molecule has 1 aromatic carbocycles. The molecule has 3 nitrogen and oxygen atoms in total. The molecule has 0 aromatic heterocycles. The SMILES string of the molecule is COC(=O)[C@]1(C)CCC[C@]2(C)c3cc(C(C)=O)c(C(C)C)cc3CCC12. The Hall–Kier alpha value is -1.64. The van der Waals surface area contributed by atoms with Crippen molar-refractivity contribution < 1.29 is 14.3 Å². The topological polar surface area (TPSA) is 43.4 Å². The highest BCUT2D eigenvalue weighted by Crippen LogP contribution is 2.58. The van der Waals surface area contributed by atoms with Crippen molar-refractivity contribution in [2.45, 2.75) is 78.1 Å². The average molecular weight is 357 g/mol. The molecular weight excluding hydrogens is 324 g/mol. The zero-order valence-corrected chi connectivity index (χ0v) is 17.1. The van der Waals surface area contributed by atoms with Gasteiger partial charge in [-0.3, -0.25) is 9.59 Å². The number of rotatable bonds is 3. The van der Waals surface area contributed by atoms with Crippen molar-refractivity contribution in [3.8, 4) is 0 Å². The van der Waals surface area contributed by atoms with E-state index in [4.69, 9.17) is 4.74 Å². The van der Waals surface area contributed by atoms with Crippen LogP contribution in [-0.4, -0.2) is 18.9 Å². The number of carbonyl (C=O) groups is 2. The zero-order chi connectivity index (χ0) is 19.3. The normalized spacial score (nSPS) is 30.5. The molecule has 26 heavy (non-hydrogen) atoms. The van der Waals surface area contributed by atoms with Crippen LogP contribution in [0.2, 0.25) is 0 Å². The Kier molecular flexibility index (Phi) is 4.79. The summed E-state index contributed by atoms with van der Waals surface area (Å²) < 4.78 is 5.19. The molecule has 0 saturated heterocycles. The van der Waals surface area contributed by atoms with Gasteiger partial charge in [0.1, 0.15) is 0 Å². The molecule has 0 radical (unpaired) electrons. The van der Waals surface area contributed by atoms with Gasteiger partial charge in [0.25, 0.3) is 0 Å². The van der Waals surface area contributed by atoms with Crippen molar-refractivity contribution in [3.05, 3.63) is 34.4 Å². The van der Waals surface area contributed by atoms with Crippen LogP contribution < -0.4 is 0 Å². The molecule has 0 amide bonds. The minimum absolute atomic E-state index is 0.0749. The van der Waals surface area contributed by atoms with Gasteiger partial charge in [0.2, 0.25) is 0 Å². The van der Waals surface area contributed by atoms with Crippen LogP contribution >= 0.6 is 0 Å². The second-order valence-electron chi connectivity index (χ2n) is 9.08. The number of carbonyl (C=O) groups excluding carboxylic acids is 2. The number of ether oxygens (including phenoxy) is 1. The Morgan fingerprint density at radius 1 is 1.19 bits per heavy atom. The molecule has 0 N–H and O–H groups in total. The summed E-state index contributed by atoms with van der Waals surface area (Å²) in [5.74, 6) is 0.640. The lowest BCUT2D eigenvalue weighted by molar-refractivity contribution is -0.161. The maximum atomic E-state index is 12.6. The predicted octanol–water partition coefficient (Wildman–Crippen LogP) is 5.20. The minimum atomic E-state index is -0.438. The number of hydrogen-bond acceptors (Lipinski definition) is 3. The average Bonchev–Trinajstić information content (AvgIpc) is 2.59. The molecule has 1 unspecified atom stereocenters. The lowest BCUT2D eigenvalue weighted by Crippen LogP contribution is -2.52. The number of methoxy groups -OCH3 is 1. The van der Waals surface area contributed by atoms with Gasteiger partial charge in [0.05, 0.1) is 12.5 Å². The van der Waals surface area contributed by atoms with Gasteiger partial charge in [0, 0.05) is 5.56 Å². The number of benzene rings is 1. The molecule has 142 valence electrons. The van der Waals surface area contributed by atoms with Crippen LogP contribution in [0.15, 0.2) is 12.1 Å². The summed E-state index contributed by atoms with van der Waals surface area (Å²) in [6, 6.07) is 4.42. The second kappa shape index (κ2) is 6.51. The fourth-order valence-electron chi connectivity index (χ4n) is 5.80. The first-order valence-electron chi connectivity index (χ1n) is 9.91. The molecule has 0 aliphatic heterocycles. The first kappa shape index (κ1) is 19.1. The highest BCUT2D eigenvalue weighted by molar-refractivity contribution is 5.96. The molecule has 1 saturated carbocycles. The van der Waals surface area contributed by atoms with Gasteiger partial charge in [-0.1, -0.05) is 33.3 Å². The van der Waals surface area contributed by atoms with Crippen molar-refractivity contribution in [1.82, 2.24) is 0 Å². The first-order chi connectivity index (χ1) is 12.1. The molecule has 0 bridgehead atoms. The van der Waals surface area contributed by atoms with Crippen LogP contribution in [-0.2, 0) is 21.4 Å². The van der Waals surface area contributed by atoms with E-state index in [9.17, 15) is 9.59 Å². The summed E-state index contributed by atoms with van der Waals surface area (Å²) >= 11 is 0. The minimum Gasteiger partial charge on any atom is -0.469 e. The van der Waals surface area contributed by atoms with Crippen molar-refractivity contribution >= 4 is 11.8 Å². The van der Waals surface area contributed by atoms with Gasteiger partial charge < -0.3 is 4.74 Å². The highest BCUT2D eigenvalue weighted by Gasteiger charge is 2.55. The highest BCUT2D eigenvalue weighted by atomic mass is 16.5. The van der Waals surface area contributed by atoms with Crippen LogP contribution in [0.5, 0.6) is 0 Å². The number of esters is 1. The summed E-state index contributed by atoms with van der Waals surface area (Å²) in [4.78, 5) is 25.0. The van der Waals surface area contributed by atoms with Crippen molar-refractivity contribution in [2.75, 3.05) is 7.11 Å². The van der Waals surface area contributed by atoms with E-state index in [1.165, 1.54) is 18.2 Å². The number of ketones is 1. The van der Waals surface area contributed by atoms with E-state index in [1.807, 2.05) is 0 Å². The van der Waals surface area contributed by atoms with Gasteiger partial charge in [-0.25, -0.2) is 0 Å². The summed E-state index contributed by atoms with van der Waals surface area (Å²) in [6.07, 6.45) is 4.94. The third-order valence-corrected chi connectivity index (χ3v) is 7.18. The van der Waals surface area contributed by atoms with Crippen LogP contribution in [0, 0.1) is 11.3 Å². The van der Waals surface area contributed by atoms with Crippen molar-refractivity contribution in [3.63, 3.8) is 0 Å². The molecule has 0 heterocycles. The van der Waals surface area contributed by atoms with Crippen LogP contribution in [0.1, 0.15) is 93.3 Å². The molecule has 3 heteroatoms. The smallest absolute Gasteiger partial charge is 0.311 e. The maximum Gasteiger partial charge on any atom is 0.311 e. The van der Waals surface area contributed by atoms with Gasteiger partial charge in [0.15, 0.2) is 5.78 Å². The molecule has 3 rings (SSSR count). The number of aryl methyl sites for hydroxylation is 1. The maximum absolute atomic E-state index is 12.6. The third kappa shape index (κ3) is 2.71. The fourth-order valence-corrected chi connectivity index (χ4v) is 5.80. The van der Waals surface area contributed by atoms with E-state index in [1.54, 1.807) is 6.92 Å². The monoisotopic (exact) mass is 356 g/mol. The van der Waals surface area contributed by atoms with Crippen LogP contribution in [0.25, 0.3) is 0 Å². The molecule has 1 aromatic rings. The molecule has 0 spiro atoms. The van der Waals surface area contributed by atoms with E-state index >= 15 is 0 Å². The van der Waals surface area contributed by atoms with E-state index < -0.39 is 5.41 Å². The van der Waals surface area contributed by atoms with E-state index in [-0.39, 0.29) is 23.1 Å². The van der Waals surface area contributed by atoms with Gasteiger partial charge in [-0.05, 0) is 79.5 Å². The van der Waals surface area contributed by atoms with Gasteiger partial charge in [-0.2, -0.15) is 0 Å². The lowest BCUT2D eigenvalue weighted by atomic mass is 9.49. The third-order valence-electron chi connectivity index (χ3n) is 7.18. The Bertz CT molecular complexity index is 748. The fraction of sp³-hybridized carbons (Fsp3) is 0.652. The van der Waals surface area contributed by atoms with Crippen LogP contribution in [0.4, 0.5) is 0 Å². The summed E-state index contributed by atoms with van der Waals surface area (Å²) in [6.45, 7) is 10.3. The van der Waals surface area contributed by atoms with Crippen molar-refractivity contribution in [2.24, 2.45) is 11.3 Å². The molecule has 3 atom stereocenters. The summed E-state index contributed by atoms with van der Waals surface area (Å²) in [7, 11) is 1.50. The molecular formula is C23H32O3. The largest absolute Gasteiger partial charge is 0.469 e. The summed E-state index contributed by atoms with van der Waals surface area (Å²) in [5, 5.41) is 0. The van der Waals surface area contributed by atoms with Crippen molar-refractivity contribution in [1.29, 1.82) is 0 Å². The Morgan fingerprint density at radius 2 is 1.88 bits per heavy atom. The van der Waals surface area contributed by atoms with E-state index in [2.05, 4.69) is 39.8 Å². The Morgan fingerprint density at radius 3 is 2.46 bits per heavy atom. The second-order valence-corrected chi connectivity index (χ2v) is 9.08. The molecule has 2 aliphatic rings. The van der Waals surface area contributed by atoms with Gasteiger partial charge >= 0.3 is 5.97 Å². The molecule has 2 aliphatic carbocycles. The van der Waals surface area contributed by atoms with Crippen LogP contribution in [0.3, 0.4) is 0 Å². The standard InChI is InChI=1S/C23H32O3/c1-14(2)17-12-16-8-9-20-22(4,19(16)13-18(17)15(3)24)10-7-11-23(20,5)21(25)26-6/h12-14,20H,7-11H2,1-6H3/t20?,22-,23-/m1/s1. The summed E-state index contributed by atoms with van der Waals surface area (Å²) in [5.41, 5.74) is 4.15. The first-order valence-corrected chi connectivity index (χ1v) is 9.91. The van der Waals surface area contributed by atoms with E-state index in [0.717, 1.165) is 43.2 Å². The zero-order valence-electron chi connectivity index (χ0n) is 17.1. The Labute approximate surface area is 157 Å². The number of hydrogen-bond donors (Lipinski definition) is 0. The quantitative estimate of drug-likeness (QED) is 0.552. The molecule has 1 fully saturated rings. The Balaban J connectivity index is 2.17.